The third-order valence-electron chi connectivity index (χ3n) is 4.43. The zero-order valence-electron chi connectivity index (χ0n) is 11.2. The summed E-state index contributed by atoms with van der Waals surface area (Å²) in [4.78, 5) is 22.7. The number of nitrogens with one attached hydrogen (secondary N) is 3. The predicted octanol–water partition coefficient (Wildman–Crippen LogP) is 0.856. The Morgan fingerprint density at radius 1 is 1.28 bits per heavy atom. The molecule has 4 unspecified atom stereocenters. The van der Waals surface area contributed by atoms with Crippen LogP contribution in [0.15, 0.2) is 0 Å². The molecule has 0 aromatic heterocycles. The Bertz CT molecular complexity index is 332. The molecular formula is C13H23N3O2. The molecule has 2 rings (SSSR count). The highest BCUT2D eigenvalue weighted by atomic mass is 16.2. The molecule has 5 nitrogen and oxygen atoms in total. The van der Waals surface area contributed by atoms with E-state index < -0.39 is 6.03 Å². The molecule has 3 amide bonds. The molecule has 0 aliphatic heterocycles. The summed E-state index contributed by atoms with van der Waals surface area (Å²) < 4.78 is 0. The first-order valence-electron chi connectivity index (χ1n) is 6.86. The molecule has 0 aromatic rings. The average molecular weight is 253 g/mol. The van der Waals surface area contributed by atoms with E-state index in [0.29, 0.717) is 0 Å². The Morgan fingerprint density at radius 2 is 2.06 bits per heavy atom. The maximum Gasteiger partial charge on any atom is 0.321 e. The molecule has 18 heavy (non-hydrogen) atoms. The van der Waals surface area contributed by atoms with Crippen LogP contribution in [0.3, 0.4) is 0 Å². The number of fused-ring (bicyclic) bond motifs is 2. The van der Waals surface area contributed by atoms with E-state index in [1.165, 1.54) is 32.7 Å². The van der Waals surface area contributed by atoms with E-state index in [9.17, 15) is 9.59 Å². The lowest BCUT2D eigenvalue weighted by Crippen LogP contribution is -2.48. The van der Waals surface area contributed by atoms with E-state index >= 15 is 0 Å². The number of carbonyl (C=O) groups excluding carboxylic acids is 2. The van der Waals surface area contributed by atoms with Crippen molar-refractivity contribution in [2.75, 3.05) is 13.6 Å². The summed E-state index contributed by atoms with van der Waals surface area (Å²) in [6, 6.07) is -0.769. The summed E-state index contributed by atoms with van der Waals surface area (Å²) in [5, 5.41) is 7.91. The number of urea groups is 1. The van der Waals surface area contributed by atoms with Gasteiger partial charge in [0.05, 0.1) is 6.04 Å². The lowest BCUT2D eigenvalue weighted by molar-refractivity contribution is -0.121. The Morgan fingerprint density at radius 3 is 2.61 bits per heavy atom. The maximum absolute atomic E-state index is 11.6. The van der Waals surface area contributed by atoms with Crippen molar-refractivity contribution in [2.24, 2.45) is 17.8 Å². The minimum atomic E-state index is -0.450. The number of hydrogen-bond acceptors (Lipinski definition) is 3. The van der Waals surface area contributed by atoms with Crippen LogP contribution in [0.4, 0.5) is 4.79 Å². The second-order valence-corrected chi connectivity index (χ2v) is 5.63. The highest BCUT2D eigenvalue weighted by molar-refractivity contribution is 5.96. The molecule has 5 heteroatoms. The van der Waals surface area contributed by atoms with E-state index in [1.54, 1.807) is 6.92 Å². The lowest BCUT2D eigenvalue weighted by Gasteiger charge is -2.23. The van der Waals surface area contributed by atoms with E-state index in [0.717, 1.165) is 24.3 Å². The van der Waals surface area contributed by atoms with Gasteiger partial charge < -0.3 is 10.6 Å². The van der Waals surface area contributed by atoms with Crippen LogP contribution in [0.1, 0.15) is 32.6 Å². The highest BCUT2D eigenvalue weighted by Crippen LogP contribution is 2.47. The van der Waals surface area contributed by atoms with Gasteiger partial charge in [-0.3, -0.25) is 10.1 Å². The Hall–Kier alpha value is -1.10. The fourth-order valence-corrected chi connectivity index (χ4v) is 3.33. The summed E-state index contributed by atoms with van der Waals surface area (Å²) in [6.45, 7) is 2.69. The number of imide groups is 1. The normalized spacial score (nSPS) is 31.1. The number of hydrogen-bond donors (Lipinski definition) is 3. The molecule has 2 bridgehead atoms. The molecule has 2 fully saturated rings. The van der Waals surface area contributed by atoms with Gasteiger partial charge in [-0.05, 0) is 50.5 Å². The van der Waals surface area contributed by atoms with Gasteiger partial charge in [0.1, 0.15) is 0 Å². The minimum Gasteiger partial charge on any atom is -0.341 e. The smallest absolute Gasteiger partial charge is 0.321 e. The fraction of sp³-hybridized carbons (Fsp3) is 0.846. The molecule has 2 aliphatic rings. The molecule has 4 atom stereocenters. The molecule has 0 saturated heterocycles. The first-order chi connectivity index (χ1) is 8.60. The van der Waals surface area contributed by atoms with Crippen LogP contribution in [-0.4, -0.2) is 31.6 Å². The second kappa shape index (κ2) is 5.69. The molecule has 2 aliphatic carbocycles. The van der Waals surface area contributed by atoms with Crippen LogP contribution in [0, 0.1) is 17.8 Å². The van der Waals surface area contributed by atoms with Crippen molar-refractivity contribution in [1.82, 2.24) is 16.0 Å². The molecular weight excluding hydrogens is 230 g/mol. The SMILES string of the molecule is CNC(=O)NC(=O)C(C)NCC1CC2CCC1C2. The predicted molar refractivity (Wildman–Crippen MR) is 69.0 cm³/mol. The summed E-state index contributed by atoms with van der Waals surface area (Å²) in [7, 11) is 1.50. The van der Waals surface area contributed by atoms with Crippen LogP contribution < -0.4 is 16.0 Å². The van der Waals surface area contributed by atoms with Crippen molar-refractivity contribution in [2.45, 2.75) is 38.6 Å². The van der Waals surface area contributed by atoms with E-state index in [-0.39, 0.29) is 11.9 Å². The molecule has 0 spiro atoms. The van der Waals surface area contributed by atoms with Crippen LogP contribution in [0.25, 0.3) is 0 Å². The molecule has 3 N–H and O–H groups in total. The van der Waals surface area contributed by atoms with Gasteiger partial charge in [-0.1, -0.05) is 6.42 Å². The first kappa shape index (κ1) is 13.3. The first-order valence-corrected chi connectivity index (χ1v) is 6.86. The summed E-state index contributed by atoms with van der Waals surface area (Å²) in [5.74, 6) is 2.24. The quantitative estimate of drug-likeness (QED) is 0.696. The van der Waals surface area contributed by atoms with Crippen LogP contribution in [0.2, 0.25) is 0 Å². The molecule has 2 saturated carbocycles. The second-order valence-electron chi connectivity index (χ2n) is 5.63. The Balaban J connectivity index is 1.70. The van der Waals surface area contributed by atoms with Crippen molar-refractivity contribution in [3.05, 3.63) is 0 Å². The monoisotopic (exact) mass is 253 g/mol. The number of amides is 3. The van der Waals surface area contributed by atoms with E-state index in [4.69, 9.17) is 0 Å². The van der Waals surface area contributed by atoms with Gasteiger partial charge in [0.2, 0.25) is 5.91 Å². The third-order valence-corrected chi connectivity index (χ3v) is 4.43. The van der Waals surface area contributed by atoms with Gasteiger partial charge in [0.25, 0.3) is 0 Å². The minimum absolute atomic E-state index is 0.266. The molecule has 102 valence electrons. The number of rotatable bonds is 4. The van der Waals surface area contributed by atoms with Crippen molar-refractivity contribution in [1.29, 1.82) is 0 Å². The largest absolute Gasteiger partial charge is 0.341 e. The van der Waals surface area contributed by atoms with Crippen LogP contribution >= 0.6 is 0 Å². The van der Waals surface area contributed by atoms with Gasteiger partial charge >= 0.3 is 6.03 Å². The van der Waals surface area contributed by atoms with Crippen molar-refractivity contribution in [3.8, 4) is 0 Å². The summed E-state index contributed by atoms with van der Waals surface area (Å²) >= 11 is 0. The van der Waals surface area contributed by atoms with Gasteiger partial charge in [-0.2, -0.15) is 0 Å². The Kier molecular flexibility index (Phi) is 4.22. The van der Waals surface area contributed by atoms with Crippen LogP contribution in [-0.2, 0) is 4.79 Å². The van der Waals surface area contributed by atoms with Crippen molar-refractivity contribution in [3.63, 3.8) is 0 Å². The summed E-state index contributed by atoms with van der Waals surface area (Å²) in [6.07, 6.45) is 5.44. The van der Waals surface area contributed by atoms with Gasteiger partial charge in [0.15, 0.2) is 0 Å². The van der Waals surface area contributed by atoms with Crippen LogP contribution in [0.5, 0.6) is 0 Å². The molecule has 0 aromatic carbocycles. The average Bonchev–Trinajstić information content (AvgIpc) is 2.97. The fourth-order valence-electron chi connectivity index (χ4n) is 3.33. The van der Waals surface area contributed by atoms with Gasteiger partial charge in [-0.25, -0.2) is 4.79 Å². The van der Waals surface area contributed by atoms with Gasteiger partial charge in [-0.15, -0.1) is 0 Å². The number of carbonyl (C=O) groups is 2. The maximum atomic E-state index is 11.6. The Labute approximate surface area is 108 Å². The van der Waals surface area contributed by atoms with Crippen molar-refractivity contribution < 1.29 is 9.59 Å². The van der Waals surface area contributed by atoms with Gasteiger partial charge in [0, 0.05) is 7.05 Å². The lowest BCUT2D eigenvalue weighted by atomic mass is 9.89. The zero-order chi connectivity index (χ0) is 13.1. The van der Waals surface area contributed by atoms with E-state index in [1.807, 2.05) is 0 Å². The zero-order valence-corrected chi connectivity index (χ0v) is 11.2. The third kappa shape index (κ3) is 3.02. The highest BCUT2D eigenvalue weighted by Gasteiger charge is 2.39. The topological polar surface area (TPSA) is 70.2 Å². The molecule has 0 radical (unpaired) electrons. The van der Waals surface area contributed by atoms with Crippen molar-refractivity contribution >= 4 is 11.9 Å². The standard InChI is InChI=1S/C13H23N3O2/c1-8(12(17)16-13(18)14-2)15-7-11-6-9-3-4-10(11)5-9/h8-11,15H,3-7H2,1-2H3,(H2,14,16,17,18). The summed E-state index contributed by atoms with van der Waals surface area (Å²) in [5.41, 5.74) is 0. The van der Waals surface area contributed by atoms with E-state index in [2.05, 4.69) is 16.0 Å². The molecule has 0 heterocycles.